The number of esters is 1. The van der Waals surface area contributed by atoms with Gasteiger partial charge < -0.3 is 4.74 Å². The van der Waals surface area contributed by atoms with Crippen LogP contribution in [0.2, 0.25) is 0 Å². The summed E-state index contributed by atoms with van der Waals surface area (Å²) in [5.74, 6) is -1.40. The molecule has 4 nitrogen and oxygen atoms in total. The maximum atomic E-state index is 13.2. The zero-order chi connectivity index (χ0) is 17.5. The van der Waals surface area contributed by atoms with Gasteiger partial charge in [-0.25, -0.2) is 0 Å². The Bertz CT molecular complexity index is 754. The predicted octanol–water partition coefficient (Wildman–Crippen LogP) is 3.68. The number of aromatic nitrogens is 2. The van der Waals surface area contributed by atoms with Crippen LogP contribution >= 0.6 is 0 Å². The van der Waals surface area contributed by atoms with Crippen LogP contribution in [0.3, 0.4) is 0 Å². The van der Waals surface area contributed by atoms with Crippen LogP contribution in [0.25, 0.3) is 0 Å². The van der Waals surface area contributed by atoms with Gasteiger partial charge in [0.25, 0.3) is 0 Å². The molecule has 2 aromatic rings. The summed E-state index contributed by atoms with van der Waals surface area (Å²) in [7, 11) is 1.51. The van der Waals surface area contributed by atoms with E-state index in [0.717, 1.165) is 17.3 Å². The number of hydrogen-bond acceptors (Lipinski definition) is 3. The predicted molar refractivity (Wildman–Crippen MR) is 80.1 cm³/mol. The Morgan fingerprint density at radius 2 is 2.17 bits per heavy atom. The molecule has 0 N–H and O–H groups in total. The SMILES string of the molecule is Cc1cccc([C@@H]2C[C@@H]2C(=O)O[C@H](c2cnn(C)c2)C(F)(F)F)c1. The van der Waals surface area contributed by atoms with Gasteiger partial charge in [-0.05, 0) is 24.8 Å². The van der Waals surface area contributed by atoms with Crippen LogP contribution in [-0.4, -0.2) is 21.9 Å². The lowest BCUT2D eigenvalue weighted by atomic mass is 10.1. The lowest BCUT2D eigenvalue weighted by Crippen LogP contribution is -2.26. The standard InChI is InChI=1S/C17H17F3N2O2/c1-10-4-3-5-11(6-10)13-7-14(13)16(23)24-15(17(18,19)20)12-8-21-22(2)9-12/h3-6,8-9,13-15H,7H2,1-2H3/t13-,14-,15+/m0/s1. The first-order valence-electron chi connectivity index (χ1n) is 7.58. The lowest BCUT2D eigenvalue weighted by Gasteiger charge is -2.19. The topological polar surface area (TPSA) is 44.1 Å². The van der Waals surface area contributed by atoms with E-state index < -0.39 is 24.2 Å². The first-order valence-corrected chi connectivity index (χ1v) is 7.58. The Morgan fingerprint density at radius 3 is 2.75 bits per heavy atom. The second-order valence-corrected chi connectivity index (χ2v) is 6.17. The highest BCUT2D eigenvalue weighted by Crippen LogP contribution is 2.49. The van der Waals surface area contributed by atoms with Crippen molar-refractivity contribution in [2.45, 2.75) is 31.5 Å². The average Bonchev–Trinajstić information content (AvgIpc) is 3.19. The van der Waals surface area contributed by atoms with Crippen molar-refractivity contribution in [3.05, 3.63) is 53.3 Å². The number of ether oxygens (including phenoxy) is 1. The van der Waals surface area contributed by atoms with Gasteiger partial charge in [0.15, 0.2) is 0 Å². The molecule has 1 aromatic heterocycles. The molecule has 1 aliphatic rings. The van der Waals surface area contributed by atoms with E-state index in [1.54, 1.807) is 0 Å². The molecule has 3 atom stereocenters. The molecule has 1 aromatic carbocycles. The Hall–Kier alpha value is -2.31. The van der Waals surface area contributed by atoms with Crippen molar-refractivity contribution in [2.75, 3.05) is 0 Å². The maximum Gasteiger partial charge on any atom is 0.429 e. The van der Waals surface area contributed by atoms with E-state index in [0.29, 0.717) is 6.42 Å². The van der Waals surface area contributed by atoms with E-state index >= 15 is 0 Å². The van der Waals surface area contributed by atoms with E-state index in [-0.39, 0.29) is 11.5 Å². The van der Waals surface area contributed by atoms with E-state index in [4.69, 9.17) is 4.74 Å². The molecular formula is C17H17F3N2O2. The number of carbonyl (C=O) groups is 1. The molecule has 0 radical (unpaired) electrons. The Balaban J connectivity index is 1.71. The van der Waals surface area contributed by atoms with Crippen LogP contribution in [0.1, 0.15) is 35.1 Å². The van der Waals surface area contributed by atoms with Crippen molar-refractivity contribution < 1.29 is 22.7 Å². The van der Waals surface area contributed by atoms with E-state index in [1.807, 2.05) is 31.2 Å². The third kappa shape index (κ3) is 3.44. The summed E-state index contributed by atoms with van der Waals surface area (Å²) in [6.45, 7) is 1.93. The van der Waals surface area contributed by atoms with E-state index in [2.05, 4.69) is 5.10 Å². The van der Waals surface area contributed by atoms with Gasteiger partial charge in [-0.1, -0.05) is 29.8 Å². The number of carbonyl (C=O) groups excluding carboxylic acids is 1. The van der Waals surface area contributed by atoms with Gasteiger partial charge in [0.1, 0.15) is 0 Å². The Morgan fingerprint density at radius 1 is 1.42 bits per heavy atom. The van der Waals surface area contributed by atoms with E-state index in [1.165, 1.54) is 17.9 Å². The monoisotopic (exact) mass is 338 g/mol. The molecular weight excluding hydrogens is 321 g/mol. The van der Waals surface area contributed by atoms with Gasteiger partial charge in [0.2, 0.25) is 6.10 Å². The summed E-state index contributed by atoms with van der Waals surface area (Å²) in [5, 5.41) is 3.72. The van der Waals surface area contributed by atoms with Crippen LogP contribution in [0.15, 0.2) is 36.7 Å². The summed E-state index contributed by atoms with van der Waals surface area (Å²) < 4.78 is 45.7. The third-order valence-corrected chi connectivity index (χ3v) is 4.12. The number of rotatable bonds is 4. The number of hydrogen-bond donors (Lipinski definition) is 0. The number of halogens is 3. The van der Waals surface area contributed by atoms with Crippen molar-refractivity contribution in [3.63, 3.8) is 0 Å². The van der Waals surface area contributed by atoms with Crippen LogP contribution in [0.5, 0.6) is 0 Å². The van der Waals surface area contributed by atoms with E-state index in [9.17, 15) is 18.0 Å². The molecule has 1 saturated carbocycles. The summed E-state index contributed by atoms with van der Waals surface area (Å²) in [6, 6.07) is 7.63. The third-order valence-electron chi connectivity index (χ3n) is 4.12. The van der Waals surface area contributed by atoms with Crippen LogP contribution < -0.4 is 0 Å². The molecule has 3 rings (SSSR count). The normalized spacial score (nSPS) is 21.4. The van der Waals surface area contributed by atoms with Gasteiger partial charge in [0, 0.05) is 18.8 Å². The van der Waals surface area contributed by atoms with Crippen LogP contribution in [0.4, 0.5) is 13.2 Å². The molecule has 0 bridgehead atoms. The fraction of sp³-hybridized carbons (Fsp3) is 0.412. The number of benzene rings is 1. The fourth-order valence-corrected chi connectivity index (χ4v) is 2.83. The van der Waals surface area contributed by atoms with Gasteiger partial charge in [-0.3, -0.25) is 9.48 Å². The molecule has 0 amide bonds. The molecule has 0 aliphatic heterocycles. The molecule has 0 unspecified atom stereocenters. The summed E-state index contributed by atoms with van der Waals surface area (Å²) in [6.07, 6.45) is -4.17. The van der Waals surface area contributed by atoms with Crippen molar-refractivity contribution in [1.29, 1.82) is 0 Å². The van der Waals surface area contributed by atoms with Crippen LogP contribution in [-0.2, 0) is 16.6 Å². The number of alkyl halides is 3. The molecule has 1 heterocycles. The lowest BCUT2D eigenvalue weighted by molar-refractivity contribution is -0.225. The quantitative estimate of drug-likeness (QED) is 0.799. The minimum atomic E-state index is -4.67. The highest BCUT2D eigenvalue weighted by Gasteiger charge is 2.50. The van der Waals surface area contributed by atoms with Crippen molar-refractivity contribution in [1.82, 2.24) is 9.78 Å². The highest BCUT2D eigenvalue weighted by molar-refractivity contribution is 5.77. The second-order valence-electron chi connectivity index (χ2n) is 6.17. The minimum absolute atomic E-state index is 0.0693. The number of aryl methyl sites for hydroxylation is 2. The summed E-state index contributed by atoms with van der Waals surface area (Å²) in [5.41, 5.74) is 1.84. The average molecular weight is 338 g/mol. The van der Waals surface area contributed by atoms with Crippen molar-refractivity contribution >= 4 is 5.97 Å². The van der Waals surface area contributed by atoms with Crippen molar-refractivity contribution in [3.8, 4) is 0 Å². The molecule has 128 valence electrons. The van der Waals surface area contributed by atoms with Crippen LogP contribution in [0, 0.1) is 12.8 Å². The number of nitrogens with zero attached hydrogens (tertiary/aromatic N) is 2. The van der Waals surface area contributed by atoms with Crippen molar-refractivity contribution in [2.24, 2.45) is 13.0 Å². The van der Waals surface area contributed by atoms with Gasteiger partial charge in [0.05, 0.1) is 12.1 Å². The maximum absolute atomic E-state index is 13.2. The molecule has 0 saturated heterocycles. The molecule has 7 heteroatoms. The Kier molecular flexibility index (Phi) is 4.11. The fourth-order valence-electron chi connectivity index (χ4n) is 2.83. The Labute approximate surface area is 137 Å². The molecule has 24 heavy (non-hydrogen) atoms. The molecule has 0 spiro atoms. The zero-order valence-corrected chi connectivity index (χ0v) is 13.2. The molecule has 1 aliphatic carbocycles. The summed E-state index contributed by atoms with van der Waals surface area (Å²) >= 11 is 0. The largest absolute Gasteiger partial charge is 0.447 e. The van der Waals surface area contributed by atoms with Gasteiger partial charge >= 0.3 is 12.1 Å². The second kappa shape index (κ2) is 5.96. The summed E-state index contributed by atoms with van der Waals surface area (Å²) in [4.78, 5) is 12.2. The first-order chi connectivity index (χ1) is 11.3. The first kappa shape index (κ1) is 16.5. The molecule has 1 fully saturated rings. The smallest absolute Gasteiger partial charge is 0.429 e. The van der Waals surface area contributed by atoms with Gasteiger partial charge in [-0.15, -0.1) is 0 Å². The minimum Gasteiger partial charge on any atom is -0.447 e. The highest BCUT2D eigenvalue weighted by atomic mass is 19.4. The zero-order valence-electron chi connectivity index (χ0n) is 13.2. The van der Waals surface area contributed by atoms with Gasteiger partial charge in [-0.2, -0.15) is 18.3 Å².